The summed E-state index contributed by atoms with van der Waals surface area (Å²) in [5.41, 5.74) is 0.967. The van der Waals surface area contributed by atoms with Gasteiger partial charge in [-0.25, -0.2) is 9.37 Å². The highest BCUT2D eigenvalue weighted by Gasteiger charge is 2.03. The average molecular weight is 244 g/mol. The molecule has 2 aromatic rings. The Balaban J connectivity index is 1.99. The summed E-state index contributed by atoms with van der Waals surface area (Å²) < 4.78 is 14.9. The van der Waals surface area contributed by atoms with Gasteiger partial charge in [-0.15, -0.1) is 0 Å². The van der Waals surface area contributed by atoms with Gasteiger partial charge in [0.05, 0.1) is 11.3 Å². The van der Waals surface area contributed by atoms with E-state index in [0.717, 1.165) is 12.4 Å². The van der Waals surface area contributed by atoms with E-state index in [4.69, 9.17) is 5.26 Å². The van der Waals surface area contributed by atoms with Gasteiger partial charge in [0.1, 0.15) is 17.7 Å². The predicted octanol–water partition coefficient (Wildman–Crippen LogP) is 2.31. The van der Waals surface area contributed by atoms with Crippen LogP contribution in [-0.4, -0.2) is 16.1 Å². The van der Waals surface area contributed by atoms with Gasteiger partial charge in [0.15, 0.2) is 0 Å². The van der Waals surface area contributed by atoms with E-state index < -0.39 is 5.82 Å². The van der Waals surface area contributed by atoms with Gasteiger partial charge in [-0.2, -0.15) is 5.26 Å². The topological polar surface area (TPSA) is 53.6 Å². The number of aryl methyl sites for hydroxylation is 1. The average Bonchev–Trinajstić information content (AvgIpc) is 2.77. The molecule has 0 aliphatic heterocycles. The Labute approximate surface area is 105 Å². The fraction of sp³-hybridized carbons (Fsp3) is 0.231. The van der Waals surface area contributed by atoms with Gasteiger partial charge >= 0.3 is 0 Å². The third-order valence-electron chi connectivity index (χ3n) is 2.69. The quantitative estimate of drug-likeness (QED) is 0.898. The molecule has 18 heavy (non-hydrogen) atoms. The first-order valence-corrected chi connectivity index (χ1v) is 5.62. The molecule has 0 spiro atoms. The summed E-state index contributed by atoms with van der Waals surface area (Å²) in [5.74, 6) is 0.541. The molecule has 0 aliphatic rings. The maximum Gasteiger partial charge on any atom is 0.124 e. The molecular formula is C13H13FN4. The van der Waals surface area contributed by atoms with Crippen LogP contribution in [0.4, 0.5) is 10.1 Å². The number of imidazole rings is 1. The Morgan fingerprint density at radius 2 is 2.33 bits per heavy atom. The summed E-state index contributed by atoms with van der Waals surface area (Å²) in [5, 5.41) is 12.0. The standard InChI is InChI=1S/C13H13FN4/c1-10-16-4-6-18(10)7-5-17-13-3-2-12(14)8-11(13)9-15/h2-4,6,8,17H,5,7H2,1H3. The van der Waals surface area contributed by atoms with Gasteiger partial charge in [-0.1, -0.05) is 0 Å². The second-order valence-electron chi connectivity index (χ2n) is 3.90. The zero-order valence-electron chi connectivity index (χ0n) is 10.0. The Morgan fingerprint density at radius 1 is 1.50 bits per heavy atom. The van der Waals surface area contributed by atoms with Crippen LogP contribution < -0.4 is 5.32 Å². The van der Waals surface area contributed by atoms with Crippen molar-refractivity contribution in [2.24, 2.45) is 0 Å². The van der Waals surface area contributed by atoms with Crippen LogP contribution in [-0.2, 0) is 6.54 Å². The molecule has 1 heterocycles. The van der Waals surface area contributed by atoms with Crippen molar-refractivity contribution < 1.29 is 4.39 Å². The molecule has 0 saturated carbocycles. The van der Waals surface area contributed by atoms with Crippen LogP contribution in [0.15, 0.2) is 30.6 Å². The summed E-state index contributed by atoms with van der Waals surface area (Å²) in [6, 6.07) is 6.11. The normalized spacial score (nSPS) is 10.1. The molecule has 0 amide bonds. The summed E-state index contributed by atoms with van der Waals surface area (Å²) in [7, 11) is 0. The maximum absolute atomic E-state index is 12.9. The van der Waals surface area contributed by atoms with Crippen molar-refractivity contribution >= 4 is 5.69 Å². The largest absolute Gasteiger partial charge is 0.382 e. The lowest BCUT2D eigenvalue weighted by molar-refractivity contribution is 0.627. The van der Waals surface area contributed by atoms with Crippen LogP contribution in [0, 0.1) is 24.1 Å². The Bertz CT molecular complexity index is 583. The van der Waals surface area contributed by atoms with E-state index in [2.05, 4.69) is 10.3 Å². The number of anilines is 1. The Morgan fingerprint density at radius 3 is 3.00 bits per heavy atom. The van der Waals surface area contributed by atoms with E-state index in [1.807, 2.05) is 23.8 Å². The minimum atomic E-state index is -0.400. The fourth-order valence-corrected chi connectivity index (χ4v) is 1.71. The molecule has 0 fully saturated rings. The second kappa shape index (κ2) is 5.32. The molecule has 0 bridgehead atoms. The number of hydrogen-bond acceptors (Lipinski definition) is 3. The van der Waals surface area contributed by atoms with Gasteiger partial charge < -0.3 is 9.88 Å². The van der Waals surface area contributed by atoms with Gasteiger partial charge in [0.2, 0.25) is 0 Å². The third-order valence-corrected chi connectivity index (χ3v) is 2.69. The van der Waals surface area contributed by atoms with E-state index >= 15 is 0 Å². The van der Waals surface area contributed by atoms with Gasteiger partial charge in [-0.3, -0.25) is 0 Å². The Kier molecular flexibility index (Phi) is 3.58. The molecule has 1 aromatic carbocycles. The number of nitrogens with one attached hydrogen (secondary N) is 1. The number of hydrogen-bond donors (Lipinski definition) is 1. The molecule has 0 aliphatic carbocycles. The van der Waals surface area contributed by atoms with Crippen molar-refractivity contribution in [1.82, 2.24) is 9.55 Å². The first kappa shape index (κ1) is 12.1. The van der Waals surface area contributed by atoms with Crippen molar-refractivity contribution in [3.63, 3.8) is 0 Å². The summed E-state index contributed by atoms with van der Waals surface area (Å²) in [4.78, 5) is 4.12. The molecular weight excluding hydrogens is 231 g/mol. The number of rotatable bonds is 4. The lowest BCUT2D eigenvalue weighted by Gasteiger charge is -2.09. The van der Waals surface area contributed by atoms with Crippen molar-refractivity contribution in [3.8, 4) is 6.07 Å². The molecule has 5 heteroatoms. The van der Waals surface area contributed by atoms with Gasteiger partial charge in [0.25, 0.3) is 0 Å². The van der Waals surface area contributed by atoms with E-state index in [1.54, 1.807) is 12.3 Å². The number of nitrogens with zero attached hydrogens (tertiary/aromatic N) is 3. The van der Waals surface area contributed by atoms with Gasteiger partial charge in [0, 0.05) is 25.5 Å². The monoisotopic (exact) mass is 244 g/mol. The molecule has 2 rings (SSSR count). The number of aromatic nitrogens is 2. The lowest BCUT2D eigenvalue weighted by Crippen LogP contribution is -2.11. The predicted molar refractivity (Wildman–Crippen MR) is 66.6 cm³/mol. The molecule has 0 radical (unpaired) electrons. The molecule has 4 nitrogen and oxygen atoms in total. The molecule has 1 N–H and O–H groups in total. The minimum Gasteiger partial charge on any atom is -0.382 e. The highest BCUT2D eigenvalue weighted by Crippen LogP contribution is 2.15. The van der Waals surface area contributed by atoms with E-state index in [-0.39, 0.29) is 0 Å². The minimum absolute atomic E-state index is 0.317. The van der Waals surface area contributed by atoms with E-state index in [9.17, 15) is 4.39 Å². The number of halogens is 1. The Hall–Kier alpha value is -2.35. The lowest BCUT2D eigenvalue weighted by atomic mass is 10.2. The van der Waals surface area contributed by atoms with Crippen LogP contribution in [0.2, 0.25) is 0 Å². The highest BCUT2D eigenvalue weighted by molar-refractivity contribution is 5.57. The molecule has 0 unspecified atom stereocenters. The SMILES string of the molecule is Cc1nccn1CCNc1ccc(F)cc1C#N. The summed E-state index contributed by atoms with van der Waals surface area (Å²) in [6.07, 6.45) is 3.64. The van der Waals surface area contributed by atoms with E-state index in [0.29, 0.717) is 17.8 Å². The zero-order chi connectivity index (χ0) is 13.0. The smallest absolute Gasteiger partial charge is 0.124 e. The molecule has 0 atom stereocenters. The van der Waals surface area contributed by atoms with Crippen molar-refractivity contribution in [1.29, 1.82) is 5.26 Å². The van der Waals surface area contributed by atoms with Crippen LogP contribution in [0.5, 0.6) is 0 Å². The first-order chi connectivity index (χ1) is 8.70. The van der Waals surface area contributed by atoms with Crippen molar-refractivity contribution in [2.45, 2.75) is 13.5 Å². The van der Waals surface area contributed by atoms with Crippen molar-refractivity contribution in [2.75, 3.05) is 11.9 Å². The van der Waals surface area contributed by atoms with E-state index in [1.165, 1.54) is 12.1 Å². The molecule has 92 valence electrons. The molecule has 0 saturated heterocycles. The number of nitriles is 1. The van der Waals surface area contributed by atoms with Crippen LogP contribution >= 0.6 is 0 Å². The zero-order valence-corrected chi connectivity index (χ0v) is 10.0. The van der Waals surface area contributed by atoms with Crippen LogP contribution in [0.1, 0.15) is 11.4 Å². The maximum atomic E-state index is 12.9. The molecule has 1 aromatic heterocycles. The first-order valence-electron chi connectivity index (χ1n) is 5.62. The van der Waals surface area contributed by atoms with Crippen molar-refractivity contribution in [3.05, 3.63) is 47.8 Å². The summed E-state index contributed by atoms with van der Waals surface area (Å²) in [6.45, 7) is 3.32. The summed E-state index contributed by atoms with van der Waals surface area (Å²) >= 11 is 0. The number of benzene rings is 1. The van der Waals surface area contributed by atoms with Crippen LogP contribution in [0.25, 0.3) is 0 Å². The third kappa shape index (κ3) is 2.66. The second-order valence-corrected chi connectivity index (χ2v) is 3.90. The highest BCUT2D eigenvalue weighted by atomic mass is 19.1. The van der Waals surface area contributed by atoms with Crippen LogP contribution in [0.3, 0.4) is 0 Å². The fourth-order valence-electron chi connectivity index (χ4n) is 1.71. The van der Waals surface area contributed by atoms with Gasteiger partial charge in [-0.05, 0) is 25.1 Å².